The molecule has 0 aromatic heterocycles. The maximum absolute atomic E-state index is 11.6. The van der Waals surface area contributed by atoms with Crippen LogP contribution in [0.1, 0.15) is 18.4 Å². The topological polar surface area (TPSA) is 29.1 Å². The molecule has 1 saturated carbocycles. The zero-order valence-corrected chi connectivity index (χ0v) is 10.8. The van der Waals surface area contributed by atoms with Crippen LogP contribution in [-0.2, 0) is 11.3 Å². The summed E-state index contributed by atoms with van der Waals surface area (Å²) in [4.78, 5) is 11.6. The van der Waals surface area contributed by atoms with Crippen molar-refractivity contribution in [1.29, 1.82) is 0 Å². The lowest BCUT2D eigenvalue weighted by molar-refractivity contribution is -0.122. The molecule has 1 aliphatic carbocycles. The van der Waals surface area contributed by atoms with Crippen molar-refractivity contribution in [3.63, 3.8) is 0 Å². The van der Waals surface area contributed by atoms with Crippen LogP contribution in [-0.4, -0.2) is 5.91 Å². The van der Waals surface area contributed by atoms with Gasteiger partial charge >= 0.3 is 0 Å². The first-order valence-corrected chi connectivity index (χ1v) is 6.75. The van der Waals surface area contributed by atoms with Crippen molar-refractivity contribution < 1.29 is 4.79 Å². The van der Waals surface area contributed by atoms with Crippen LogP contribution in [0, 0.1) is 5.92 Å². The third-order valence-corrected chi connectivity index (χ3v) is 3.48. The monoisotopic (exact) mass is 251 g/mol. The second kappa shape index (κ2) is 5.27. The zero-order valence-electron chi connectivity index (χ0n) is 10.8. The Morgan fingerprint density at radius 1 is 0.947 bits per heavy atom. The molecule has 0 saturated heterocycles. The largest absolute Gasteiger partial charge is 0.352 e. The fraction of sp³-hybridized carbons (Fsp3) is 0.235. The molecular weight excluding hydrogens is 234 g/mol. The Hall–Kier alpha value is -2.09. The van der Waals surface area contributed by atoms with E-state index >= 15 is 0 Å². The molecule has 1 N–H and O–H groups in total. The zero-order chi connectivity index (χ0) is 13.1. The standard InChI is InChI=1S/C17H17NO/c19-17(16-10-11-16)18-12-13-6-8-15(9-7-13)14-4-2-1-3-5-14/h1-9,16H,10-12H2,(H,18,19). The van der Waals surface area contributed by atoms with E-state index in [1.807, 2.05) is 18.2 Å². The molecule has 0 atom stereocenters. The molecule has 3 rings (SSSR count). The lowest BCUT2D eigenvalue weighted by Gasteiger charge is -2.06. The Labute approximate surface area is 113 Å². The molecule has 1 fully saturated rings. The number of nitrogens with one attached hydrogen (secondary N) is 1. The molecule has 2 aromatic rings. The van der Waals surface area contributed by atoms with Gasteiger partial charge in [-0.3, -0.25) is 4.79 Å². The van der Waals surface area contributed by atoms with E-state index in [0.717, 1.165) is 18.4 Å². The van der Waals surface area contributed by atoms with E-state index in [1.54, 1.807) is 0 Å². The quantitative estimate of drug-likeness (QED) is 0.886. The van der Waals surface area contributed by atoms with E-state index in [2.05, 4.69) is 41.7 Å². The minimum absolute atomic E-state index is 0.201. The van der Waals surface area contributed by atoms with Gasteiger partial charge in [0.1, 0.15) is 0 Å². The van der Waals surface area contributed by atoms with Crippen LogP contribution in [0.2, 0.25) is 0 Å². The van der Waals surface area contributed by atoms with Crippen LogP contribution in [0.25, 0.3) is 11.1 Å². The summed E-state index contributed by atoms with van der Waals surface area (Å²) in [7, 11) is 0. The predicted octanol–water partition coefficient (Wildman–Crippen LogP) is 3.38. The number of rotatable bonds is 4. The highest BCUT2D eigenvalue weighted by Gasteiger charge is 2.29. The second-order valence-electron chi connectivity index (χ2n) is 5.06. The molecule has 0 bridgehead atoms. The highest BCUT2D eigenvalue weighted by atomic mass is 16.2. The number of hydrogen-bond donors (Lipinski definition) is 1. The number of carbonyl (C=O) groups is 1. The Morgan fingerprint density at radius 2 is 1.58 bits per heavy atom. The number of amides is 1. The Morgan fingerprint density at radius 3 is 2.21 bits per heavy atom. The fourth-order valence-electron chi connectivity index (χ4n) is 2.12. The van der Waals surface area contributed by atoms with E-state index in [1.165, 1.54) is 11.1 Å². The summed E-state index contributed by atoms with van der Waals surface area (Å²) in [6, 6.07) is 18.7. The van der Waals surface area contributed by atoms with Crippen molar-refractivity contribution in [3.8, 4) is 11.1 Å². The SMILES string of the molecule is O=C(NCc1ccc(-c2ccccc2)cc1)C1CC1. The summed E-state index contributed by atoms with van der Waals surface area (Å²) >= 11 is 0. The molecule has 2 aromatic carbocycles. The smallest absolute Gasteiger partial charge is 0.223 e. The second-order valence-corrected chi connectivity index (χ2v) is 5.06. The minimum atomic E-state index is 0.201. The molecule has 2 heteroatoms. The molecule has 0 unspecified atom stereocenters. The molecule has 0 radical (unpaired) electrons. The van der Waals surface area contributed by atoms with Crippen LogP contribution >= 0.6 is 0 Å². The van der Waals surface area contributed by atoms with Crippen LogP contribution in [0.15, 0.2) is 54.6 Å². The molecule has 19 heavy (non-hydrogen) atoms. The average molecular weight is 251 g/mol. The van der Waals surface area contributed by atoms with Gasteiger partial charge < -0.3 is 5.32 Å². The van der Waals surface area contributed by atoms with Gasteiger partial charge in [0.05, 0.1) is 0 Å². The first-order valence-electron chi connectivity index (χ1n) is 6.75. The molecular formula is C17H17NO. The summed E-state index contributed by atoms with van der Waals surface area (Å²) in [5.74, 6) is 0.482. The number of carbonyl (C=O) groups excluding carboxylic acids is 1. The summed E-state index contributed by atoms with van der Waals surface area (Å²) in [5.41, 5.74) is 3.57. The summed E-state index contributed by atoms with van der Waals surface area (Å²) in [6.07, 6.45) is 2.11. The number of hydrogen-bond acceptors (Lipinski definition) is 1. The van der Waals surface area contributed by atoms with Crippen LogP contribution in [0.3, 0.4) is 0 Å². The van der Waals surface area contributed by atoms with Gasteiger partial charge in [0.15, 0.2) is 0 Å². The van der Waals surface area contributed by atoms with Gasteiger partial charge in [-0.25, -0.2) is 0 Å². The maximum atomic E-state index is 11.6. The van der Waals surface area contributed by atoms with E-state index in [0.29, 0.717) is 6.54 Å². The average Bonchev–Trinajstić information content (AvgIpc) is 3.31. The summed E-state index contributed by atoms with van der Waals surface area (Å²) < 4.78 is 0. The maximum Gasteiger partial charge on any atom is 0.223 e. The summed E-state index contributed by atoms with van der Waals surface area (Å²) in [6.45, 7) is 0.629. The molecule has 0 spiro atoms. The van der Waals surface area contributed by atoms with Crippen molar-refractivity contribution in [3.05, 3.63) is 60.2 Å². The van der Waals surface area contributed by atoms with Crippen molar-refractivity contribution in [2.45, 2.75) is 19.4 Å². The van der Waals surface area contributed by atoms with Gasteiger partial charge in [0, 0.05) is 12.5 Å². The predicted molar refractivity (Wildman–Crippen MR) is 76.4 cm³/mol. The van der Waals surface area contributed by atoms with Gasteiger partial charge in [0.25, 0.3) is 0 Å². The van der Waals surface area contributed by atoms with Gasteiger partial charge in [-0.15, -0.1) is 0 Å². The lowest BCUT2D eigenvalue weighted by atomic mass is 10.0. The van der Waals surface area contributed by atoms with Crippen LogP contribution in [0.4, 0.5) is 0 Å². The van der Waals surface area contributed by atoms with Crippen molar-refractivity contribution in [2.75, 3.05) is 0 Å². The van der Waals surface area contributed by atoms with Crippen LogP contribution < -0.4 is 5.32 Å². The highest BCUT2D eigenvalue weighted by Crippen LogP contribution is 2.28. The lowest BCUT2D eigenvalue weighted by Crippen LogP contribution is -2.24. The van der Waals surface area contributed by atoms with Crippen LogP contribution in [0.5, 0.6) is 0 Å². The molecule has 0 heterocycles. The third-order valence-electron chi connectivity index (χ3n) is 3.48. The normalized spacial score (nSPS) is 14.1. The molecule has 1 aliphatic rings. The Kier molecular flexibility index (Phi) is 3.32. The van der Waals surface area contributed by atoms with Crippen molar-refractivity contribution in [1.82, 2.24) is 5.32 Å². The Bertz CT molecular complexity index is 556. The van der Waals surface area contributed by atoms with Gasteiger partial charge in [-0.1, -0.05) is 54.6 Å². The van der Waals surface area contributed by atoms with Gasteiger partial charge in [0.2, 0.25) is 5.91 Å². The van der Waals surface area contributed by atoms with Crippen molar-refractivity contribution in [2.24, 2.45) is 5.92 Å². The third kappa shape index (κ3) is 3.02. The van der Waals surface area contributed by atoms with Gasteiger partial charge in [-0.05, 0) is 29.5 Å². The molecule has 1 amide bonds. The first-order chi connectivity index (χ1) is 9.33. The van der Waals surface area contributed by atoms with E-state index < -0.39 is 0 Å². The Balaban J connectivity index is 1.64. The molecule has 0 aliphatic heterocycles. The first kappa shape index (κ1) is 12.0. The highest BCUT2D eigenvalue weighted by molar-refractivity contribution is 5.80. The van der Waals surface area contributed by atoms with E-state index in [4.69, 9.17) is 0 Å². The summed E-state index contributed by atoms with van der Waals surface area (Å²) in [5, 5.41) is 2.98. The fourth-order valence-corrected chi connectivity index (χ4v) is 2.12. The number of benzene rings is 2. The van der Waals surface area contributed by atoms with Gasteiger partial charge in [-0.2, -0.15) is 0 Å². The van der Waals surface area contributed by atoms with E-state index in [9.17, 15) is 4.79 Å². The molecule has 2 nitrogen and oxygen atoms in total. The van der Waals surface area contributed by atoms with E-state index in [-0.39, 0.29) is 11.8 Å². The minimum Gasteiger partial charge on any atom is -0.352 e. The van der Waals surface area contributed by atoms with Crippen molar-refractivity contribution >= 4 is 5.91 Å². The molecule has 96 valence electrons.